The number of epoxide rings is 1. The highest BCUT2D eigenvalue weighted by Gasteiger charge is 2.50. The molecule has 0 aromatic carbocycles. The number of aromatic nitrogens is 1. The molecule has 11 heteroatoms. The molecular formula is C23H34N4O7. The minimum Gasteiger partial charge on any atom is -0.382 e. The molecule has 0 radical (unpaired) electrons. The summed E-state index contributed by atoms with van der Waals surface area (Å²) in [5.74, 6) is -1.15. The van der Waals surface area contributed by atoms with Gasteiger partial charge in [0.1, 0.15) is 23.4 Å². The average Bonchev–Trinajstić information content (AvgIpc) is 3.70. The number of amides is 3. The summed E-state index contributed by atoms with van der Waals surface area (Å²) in [4.78, 5) is 51.5. The van der Waals surface area contributed by atoms with Crippen molar-refractivity contribution in [3.05, 3.63) is 17.5 Å². The first-order valence-electron chi connectivity index (χ1n) is 11.6. The van der Waals surface area contributed by atoms with Gasteiger partial charge < -0.3 is 29.9 Å². The van der Waals surface area contributed by atoms with Crippen LogP contribution in [0.1, 0.15) is 56.3 Å². The van der Waals surface area contributed by atoms with Crippen LogP contribution in [0.25, 0.3) is 0 Å². The van der Waals surface area contributed by atoms with E-state index < -0.39 is 41.4 Å². The molecule has 1 aromatic heterocycles. The summed E-state index contributed by atoms with van der Waals surface area (Å²) in [6, 6.07) is -1.13. The SMILES string of the molecule is COC[C@H](NC(=O)c1cc(C)on1)C(=O)N[C@H](C(=O)N[C@@H](CC(C)C)C(=O)[C@]1(C)CO1)C1CC1. The highest BCUT2D eigenvalue weighted by atomic mass is 16.6. The number of carbonyl (C=O) groups excluding carboxylic acids is 4. The fourth-order valence-electron chi connectivity index (χ4n) is 3.72. The summed E-state index contributed by atoms with van der Waals surface area (Å²) in [6.45, 7) is 7.53. The Balaban J connectivity index is 1.66. The fraction of sp³-hybridized carbons (Fsp3) is 0.696. The van der Waals surface area contributed by atoms with E-state index in [4.69, 9.17) is 14.0 Å². The smallest absolute Gasteiger partial charge is 0.274 e. The lowest BCUT2D eigenvalue weighted by Crippen LogP contribution is -2.58. The molecule has 1 saturated heterocycles. The Labute approximate surface area is 198 Å². The predicted octanol–water partition coefficient (Wildman–Crippen LogP) is 0.512. The van der Waals surface area contributed by atoms with Gasteiger partial charge in [-0.05, 0) is 44.9 Å². The molecule has 1 aliphatic heterocycles. The molecule has 2 heterocycles. The number of nitrogens with zero attached hydrogens (tertiary/aromatic N) is 1. The second-order valence-electron chi connectivity index (χ2n) is 9.70. The molecule has 34 heavy (non-hydrogen) atoms. The monoisotopic (exact) mass is 478 g/mol. The van der Waals surface area contributed by atoms with E-state index in [-0.39, 0.29) is 29.9 Å². The number of rotatable bonds is 13. The van der Waals surface area contributed by atoms with Gasteiger partial charge in [-0.3, -0.25) is 19.2 Å². The van der Waals surface area contributed by atoms with Crippen LogP contribution in [0.4, 0.5) is 0 Å². The molecule has 3 N–H and O–H groups in total. The minimum absolute atomic E-state index is 0.0359. The van der Waals surface area contributed by atoms with E-state index in [1.54, 1.807) is 13.8 Å². The van der Waals surface area contributed by atoms with Crippen molar-refractivity contribution in [2.24, 2.45) is 11.8 Å². The number of methoxy groups -OCH3 is 1. The van der Waals surface area contributed by atoms with E-state index >= 15 is 0 Å². The number of Topliss-reactive ketones (excluding diaryl/α,β-unsaturated/α-hetero) is 1. The van der Waals surface area contributed by atoms with Gasteiger partial charge in [-0.2, -0.15) is 0 Å². The van der Waals surface area contributed by atoms with E-state index in [1.165, 1.54) is 13.2 Å². The Hall–Kier alpha value is -2.79. The average molecular weight is 479 g/mol. The maximum Gasteiger partial charge on any atom is 0.274 e. The van der Waals surface area contributed by atoms with Gasteiger partial charge in [-0.25, -0.2) is 0 Å². The Bertz CT molecular complexity index is 920. The number of hydrogen-bond acceptors (Lipinski definition) is 8. The Morgan fingerprint density at radius 3 is 2.32 bits per heavy atom. The van der Waals surface area contributed by atoms with E-state index in [1.807, 2.05) is 13.8 Å². The quantitative estimate of drug-likeness (QED) is 0.347. The van der Waals surface area contributed by atoms with Gasteiger partial charge in [-0.15, -0.1) is 0 Å². The van der Waals surface area contributed by atoms with Gasteiger partial charge in [0.2, 0.25) is 11.8 Å². The first-order valence-corrected chi connectivity index (χ1v) is 11.6. The Morgan fingerprint density at radius 2 is 1.82 bits per heavy atom. The second kappa shape index (κ2) is 10.6. The second-order valence-corrected chi connectivity index (χ2v) is 9.70. The van der Waals surface area contributed by atoms with Crippen molar-refractivity contribution < 1.29 is 33.2 Å². The fourth-order valence-corrected chi connectivity index (χ4v) is 3.72. The van der Waals surface area contributed by atoms with Crippen molar-refractivity contribution in [3.8, 4) is 0 Å². The highest BCUT2D eigenvalue weighted by Crippen LogP contribution is 2.33. The molecule has 0 spiro atoms. The van der Waals surface area contributed by atoms with Crippen molar-refractivity contribution in [1.29, 1.82) is 0 Å². The van der Waals surface area contributed by atoms with Crippen LogP contribution in [0.2, 0.25) is 0 Å². The molecule has 0 bridgehead atoms. The molecule has 3 amide bonds. The lowest BCUT2D eigenvalue weighted by Gasteiger charge is -2.26. The number of nitrogens with one attached hydrogen (secondary N) is 3. The third-order valence-electron chi connectivity index (χ3n) is 5.93. The lowest BCUT2D eigenvalue weighted by molar-refractivity contribution is -0.134. The van der Waals surface area contributed by atoms with Crippen LogP contribution < -0.4 is 16.0 Å². The molecule has 1 saturated carbocycles. The number of ketones is 1. The third-order valence-corrected chi connectivity index (χ3v) is 5.93. The highest BCUT2D eigenvalue weighted by molar-refractivity contribution is 5.99. The van der Waals surface area contributed by atoms with Gasteiger partial charge in [0.05, 0.1) is 19.3 Å². The zero-order valence-electron chi connectivity index (χ0n) is 20.3. The standard InChI is InChI=1S/C23H34N4O7/c1-12(2)8-15(19(28)23(4)11-33-23)24-22(31)18(14-6-7-14)26-21(30)17(10-32-5)25-20(29)16-9-13(3)34-27-16/h9,12,14-15,17-18H,6-8,10-11H2,1-5H3,(H,24,31)(H,25,29)(H,26,30)/t15-,17-,18-,23-/m0/s1. The van der Waals surface area contributed by atoms with Crippen LogP contribution in [0.3, 0.4) is 0 Å². The van der Waals surface area contributed by atoms with E-state index in [9.17, 15) is 19.2 Å². The van der Waals surface area contributed by atoms with Gasteiger partial charge in [0.25, 0.3) is 5.91 Å². The van der Waals surface area contributed by atoms with Crippen LogP contribution in [0.5, 0.6) is 0 Å². The third kappa shape index (κ3) is 6.63. The van der Waals surface area contributed by atoms with Crippen molar-refractivity contribution in [2.45, 2.75) is 70.7 Å². The number of carbonyl (C=O) groups is 4. The zero-order valence-corrected chi connectivity index (χ0v) is 20.3. The molecular weight excluding hydrogens is 444 g/mol. The van der Waals surface area contributed by atoms with Crippen LogP contribution >= 0.6 is 0 Å². The maximum absolute atomic E-state index is 13.2. The molecule has 188 valence electrons. The van der Waals surface area contributed by atoms with Crippen molar-refractivity contribution in [3.63, 3.8) is 0 Å². The van der Waals surface area contributed by atoms with Crippen LogP contribution in [-0.2, 0) is 23.9 Å². The number of ether oxygens (including phenoxy) is 2. The molecule has 2 aliphatic rings. The normalized spacial score (nSPS) is 21.9. The first-order chi connectivity index (χ1) is 16.0. The van der Waals surface area contributed by atoms with Crippen LogP contribution in [-0.4, -0.2) is 72.7 Å². The van der Waals surface area contributed by atoms with E-state index in [0.29, 0.717) is 18.8 Å². The number of hydrogen-bond donors (Lipinski definition) is 3. The largest absolute Gasteiger partial charge is 0.382 e. The predicted molar refractivity (Wildman–Crippen MR) is 120 cm³/mol. The molecule has 1 aromatic rings. The van der Waals surface area contributed by atoms with Crippen molar-refractivity contribution >= 4 is 23.5 Å². The molecule has 3 rings (SSSR count). The summed E-state index contributed by atoms with van der Waals surface area (Å²) in [5.41, 5.74) is -0.827. The molecule has 4 atom stereocenters. The van der Waals surface area contributed by atoms with Crippen molar-refractivity contribution in [1.82, 2.24) is 21.1 Å². The maximum atomic E-state index is 13.2. The molecule has 11 nitrogen and oxygen atoms in total. The minimum atomic E-state index is -1.05. The summed E-state index contributed by atoms with van der Waals surface area (Å²) < 4.78 is 15.3. The lowest BCUT2D eigenvalue weighted by atomic mass is 9.93. The Kier molecular flexibility index (Phi) is 8.09. The van der Waals surface area contributed by atoms with Gasteiger partial charge in [-0.1, -0.05) is 19.0 Å². The molecule has 0 unspecified atom stereocenters. The van der Waals surface area contributed by atoms with Gasteiger partial charge in [0.15, 0.2) is 11.5 Å². The zero-order chi connectivity index (χ0) is 25.0. The summed E-state index contributed by atoms with van der Waals surface area (Å²) in [6.07, 6.45) is 2.03. The molecule has 2 fully saturated rings. The number of aryl methyl sites for hydroxylation is 1. The Morgan fingerprint density at radius 1 is 1.15 bits per heavy atom. The summed E-state index contributed by atoms with van der Waals surface area (Å²) in [7, 11) is 1.40. The van der Waals surface area contributed by atoms with Crippen molar-refractivity contribution in [2.75, 3.05) is 20.3 Å². The van der Waals surface area contributed by atoms with E-state index in [0.717, 1.165) is 12.8 Å². The topological polar surface area (TPSA) is 152 Å². The summed E-state index contributed by atoms with van der Waals surface area (Å²) in [5, 5.41) is 11.8. The van der Waals surface area contributed by atoms with Crippen LogP contribution in [0.15, 0.2) is 10.6 Å². The molecule has 1 aliphatic carbocycles. The van der Waals surface area contributed by atoms with Crippen LogP contribution in [0, 0.1) is 18.8 Å². The van der Waals surface area contributed by atoms with Gasteiger partial charge in [0, 0.05) is 13.2 Å². The van der Waals surface area contributed by atoms with E-state index in [2.05, 4.69) is 21.1 Å². The first kappa shape index (κ1) is 25.8. The summed E-state index contributed by atoms with van der Waals surface area (Å²) >= 11 is 0. The van der Waals surface area contributed by atoms with Gasteiger partial charge >= 0.3 is 0 Å².